The molecule has 15 nitrogen and oxygen atoms in total. The highest BCUT2D eigenvalue weighted by Gasteiger charge is 2.43. The first-order valence-corrected chi connectivity index (χ1v) is 23.2. The average Bonchev–Trinajstić information content (AvgIpc) is 3.95. The molecule has 0 radical (unpaired) electrons. The zero-order valence-corrected chi connectivity index (χ0v) is 38.7. The number of hydrogen-bond donors (Lipinski definition) is 3. The predicted octanol–water partition coefficient (Wildman–Crippen LogP) is 5.04. The molecule has 6 bridgehead atoms. The number of carbonyl (C=O) groups is 5. The van der Waals surface area contributed by atoms with Crippen LogP contribution in [-0.2, 0) is 59.3 Å². The van der Waals surface area contributed by atoms with E-state index in [1.807, 2.05) is 38.4 Å². The van der Waals surface area contributed by atoms with Gasteiger partial charge in [0.2, 0.25) is 11.8 Å². The molecule has 65 heavy (non-hydrogen) atoms. The zero-order chi connectivity index (χ0) is 46.3. The fourth-order valence-electron chi connectivity index (χ4n) is 10.1. The van der Waals surface area contributed by atoms with E-state index in [1.165, 1.54) is 15.5 Å². The molecule has 2 aromatic heterocycles. The third-order valence-electron chi connectivity index (χ3n) is 13.5. The third-order valence-corrected chi connectivity index (χ3v) is 13.5. The summed E-state index contributed by atoms with van der Waals surface area (Å²) in [6.07, 6.45) is 6.18. The Hall–Kier alpha value is -5.80. The van der Waals surface area contributed by atoms with Crippen LogP contribution in [0.4, 0.5) is 0 Å². The van der Waals surface area contributed by atoms with Crippen LogP contribution < -0.4 is 10.7 Å². The van der Waals surface area contributed by atoms with Gasteiger partial charge in [-0.25, -0.2) is 5.43 Å². The van der Waals surface area contributed by atoms with Crippen LogP contribution in [-0.4, -0.2) is 123 Å². The number of carbonyl (C=O) groups excluding carboxylic acids is 5. The van der Waals surface area contributed by atoms with E-state index in [-0.39, 0.29) is 49.6 Å². The van der Waals surface area contributed by atoms with E-state index >= 15 is 0 Å². The number of cyclic esters (lactones) is 1. The summed E-state index contributed by atoms with van der Waals surface area (Å²) in [5, 5.41) is 16.7. The number of aryl methyl sites for hydroxylation is 2. The molecule has 0 aliphatic carbocycles. The molecule has 0 unspecified atom stereocenters. The van der Waals surface area contributed by atoms with Crippen molar-refractivity contribution in [2.45, 2.75) is 111 Å². The lowest BCUT2D eigenvalue weighted by Gasteiger charge is -2.37. The minimum Gasteiger partial charge on any atom is -0.508 e. The monoisotopic (exact) mass is 889 g/mol. The van der Waals surface area contributed by atoms with E-state index < -0.39 is 53.3 Å². The van der Waals surface area contributed by atoms with Crippen molar-refractivity contribution in [3.63, 3.8) is 0 Å². The Kier molecular flexibility index (Phi) is 13.1. The number of nitrogens with zero attached hydrogens (tertiary/aromatic N) is 5. The molecule has 0 saturated carbocycles. The van der Waals surface area contributed by atoms with E-state index in [0.29, 0.717) is 50.9 Å². The number of epoxide rings is 1. The van der Waals surface area contributed by atoms with Gasteiger partial charge in [-0.1, -0.05) is 46.8 Å². The lowest BCUT2D eigenvalue weighted by Crippen LogP contribution is -2.62. The molecule has 3 saturated heterocycles. The van der Waals surface area contributed by atoms with Gasteiger partial charge in [0.15, 0.2) is 6.10 Å². The molecule has 4 amide bonds. The summed E-state index contributed by atoms with van der Waals surface area (Å²) >= 11 is 0. The molecule has 6 heterocycles. The van der Waals surface area contributed by atoms with Crippen LogP contribution in [0.3, 0.4) is 0 Å². The van der Waals surface area contributed by atoms with E-state index in [9.17, 15) is 29.1 Å². The van der Waals surface area contributed by atoms with Crippen LogP contribution >= 0.6 is 0 Å². The number of fused-ring (bicyclic) bond motifs is 6. The molecule has 4 aliphatic heterocycles. The lowest BCUT2D eigenvalue weighted by molar-refractivity contribution is -0.155. The fraction of sp³-hybridized carbons (Fsp3) is 0.520. The molecule has 3 fully saturated rings. The minimum atomic E-state index is -1.15. The van der Waals surface area contributed by atoms with Crippen molar-refractivity contribution in [1.82, 2.24) is 35.1 Å². The van der Waals surface area contributed by atoms with Gasteiger partial charge < -0.3 is 34.3 Å². The topological polar surface area (TPSA) is 179 Å². The number of hydrogen-bond acceptors (Lipinski definition) is 10. The predicted molar refractivity (Wildman–Crippen MR) is 245 cm³/mol. The van der Waals surface area contributed by atoms with Gasteiger partial charge >= 0.3 is 5.97 Å². The van der Waals surface area contributed by atoms with Crippen molar-refractivity contribution in [3.05, 3.63) is 71.5 Å². The molecule has 2 aromatic carbocycles. The number of hydrazine groups is 1. The highest BCUT2D eigenvalue weighted by Crippen LogP contribution is 2.41. The Morgan fingerprint density at radius 3 is 2.55 bits per heavy atom. The Morgan fingerprint density at radius 1 is 1.05 bits per heavy atom. The smallest absolute Gasteiger partial charge is 0.324 e. The van der Waals surface area contributed by atoms with Gasteiger partial charge in [-0.2, -0.15) is 0 Å². The number of aromatic hydroxyl groups is 1. The molecule has 4 aliphatic rings. The first kappa shape index (κ1) is 45.8. The summed E-state index contributed by atoms with van der Waals surface area (Å²) in [6.45, 7) is 14.3. The van der Waals surface area contributed by atoms with Crippen molar-refractivity contribution in [2.75, 3.05) is 39.9 Å². The van der Waals surface area contributed by atoms with E-state index in [1.54, 1.807) is 24.1 Å². The molecule has 346 valence electrons. The Labute approximate surface area is 380 Å². The van der Waals surface area contributed by atoms with E-state index in [4.69, 9.17) is 9.47 Å². The van der Waals surface area contributed by atoms with Crippen molar-refractivity contribution in [2.24, 2.45) is 17.3 Å². The zero-order valence-electron chi connectivity index (χ0n) is 38.7. The second-order valence-electron chi connectivity index (χ2n) is 19.3. The molecule has 0 spiro atoms. The van der Waals surface area contributed by atoms with Crippen molar-refractivity contribution in [3.8, 4) is 28.1 Å². The van der Waals surface area contributed by atoms with Gasteiger partial charge in [-0.15, -0.1) is 0 Å². The number of rotatable bonds is 9. The summed E-state index contributed by atoms with van der Waals surface area (Å²) in [6, 6.07) is 10.7. The van der Waals surface area contributed by atoms with Gasteiger partial charge in [-0.3, -0.25) is 34.0 Å². The fourth-order valence-corrected chi connectivity index (χ4v) is 10.1. The van der Waals surface area contributed by atoms with Crippen molar-refractivity contribution < 1.29 is 38.6 Å². The van der Waals surface area contributed by atoms with Crippen molar-refractivity contribution >= 4 is 40.5 Å². The van der Waals surface area contributed by atoms with Crippen LogP contribution in [0.2, 0.25) is 0 Å². The molecule has 4 aromatic rings. The largest absolute Gasteiger partial charge is 0.508 e. The standard InChI is InChI=1S/C50H63N7O8/c1-8-31-14-16-51-25-38(31)44-37-24-50(5,6)28-65-49(63)39-11-10-17-57(53-39)47(61)40(21-30-19-34(22-35(58)20-30)32-12-13-41(36(37)23-32)56(44)9-2)52-45(59)43(29(3)4)54(7)46(60)33-15-18-55(26-33)48(62)42-27-64-42/h12-14,16,19-20,22-23,25,29,33,39-40,42-43,53,58H,8-11,15,17-18,21,24,26-28H2,1-7H3,(H,52,59)/t33-,39-,40-,42-,43-/m0/s1. The first-order chi connectivity index (χ1) is 31.1. The number of phenolic OH excluding ortho intramolecular Hbond substituents is 1. The van der Waals surface area contributed by atoms with Gasteiger partial charge in [0.1, 0.15) is 23.9 Å². The number of esters is 1. The summed E-state index contributed by atoms with van der Waals surface area (Å²) < 4.78 is 13.6. The maximum atomic E-state index is 14.7. The van der Waals surface area contributed by atoms with Gasteiger partial charge in [-0.05, 0) is 103 Å². The quantitative estimate of drug-likeness (QED) is 0.153. The third kappa shape index (κ3) is 9.49. The Morgan fingerprint density at radius 2 is 1.83 bits per heavy atom. The second-order valence-corrected chi connectivity index (χ2v) is 19.3. The summed E-state index contributed by atoms with van der Waals surface area (Å²) in [7, 11) is 1.59. The Balaban J connectivity index is 1.17. The van der Waals surface area contributed by atoms with Gasteiger partial charge in [0, 0.05) is 73.9 Å². The number of benzene rings is 2. The van der Waals surface area contributed by atoms with Crippen LogP contribution in [0, 0.1) is 17.3 Å². The first-order valence-electron chi connectivity index (χ1n) is 23.2. The van der Waals surface area contributed by atoms with Crippen LogP contribution in [0.15, 0.2) is 54.9 Å². The Bertz CT molecular complexity index is 2490. The van der Waals surface area contributed by atoms with Crippen LogP contribution in [0.5, 0.6) is 5.75 Å². The lowest BCUT2D eigenvalue weighted by atomic mass is 9.84. The molecule has 8 rings (SSSR count). The number of likely N-dealkylation sites (N-methyl/N-ethyl adjacent to an activating group) is 1. The molecular weight excluding hydrogens is 827 g/mol. The highest BCUT2D eigenvalue weighted by atomic mass is 16.6. The highest BCUT2D eigenvalue weighted by molar-refractivity contribution is 5.96. The molecule has 3 N–H and O–H groups in total. The molecule has 5 atom stereocenters. The number of aromatic nitrogens is 2. The van der Waals surface area contributed by atoms with Crippen molar-refractivity contribution in [1.29, 1.82) is 0 Å². The summed E-state index contributed by atoms with van der Waals surface area (Å²) in [5.41, 5.74) is 10.3. The summed E-state index contributed by atoms with van der Waals surface area (Å²) in [5.74, 6) is -2.64. The van der Waals surface area contributed by atoms with E-state index in [0.717, 1.165) is 45.3 Å². The number of phenols is 1. The van der Waals surface area contributed by atoms with E-state index in [2.05, 4.69) is 66.2 Å². The summed E-state index contributed by atoms with van der Waals surface area (Å²) in [4.78, 5) is 77.4. The SMILES string of the molecule is CCc1ccncc1-c1c2c3cc(ccc3n1CC)-c1cc(O)cc(c1)C[C@H](NC(=O)[C@H](C(C)C)N(C)C(=O)[C@H]1CCN(C(=O)[C@@H]3CO3)C1)C(=O)N1CCC[C@H](N1)C(=O)OCC(C)(C)C2. The van der Waals surface area contributed by atoms with Gasteiger partial charge in [0.05, 0.1) is 24.8 Å². The van der Waals surface area contributed by atoms with Gasteiger partial charge in [0.25, 0.3) is 11.8 Å². The second kappa shape index (κ2) is 18.6. The number of ether oxygens (including phenoxy) is 2. The average molecular weight is 890 g/mol. The maximum Gasteiger partial charge on any atom is 0.324 e. The number of likely N-dealkylation sites (tertiary alicyclic amines) is 1. The maximum absolute atomic E-state index is 14.7. The number of amides is 4. The number of pyridine rings is 1. The van der Waals surface area contributed by atoms with Crippen LogP contribution in [0.1, 0.15) is 77.5 Å². The molecular formula is C50H63N7O8. The normalized spacial score (nSPS) is 22.6. The number of nitrogens with one attached hydrogen (secondary N) is 2. The molecule has 15 heteroatoms. The van der Waals surface area contributed by atoms with Crippen LogP contribution in [0.25, 0.3) is 33.3 Å². The minimum absolute atomic E-state index is 0.00211.